The number of amides is 2. The molecule has 5 aliphatic carbocycles. The van der Waals surface area contributed by atoms with Crippen molar-refractivity contribution >= 4 is 17.6 Å². The van der Waals surface area contributed by atoms with E-state index in [-0.39, 0.29) is 68.3 Å². The standard InChI is InChI=1S/C32H47N3O3/c1-27(2)11-13-32(35-26(38)34-8)14-12-31(7)24(20(32)17-27)21(36)15-23-29(5)16-19(18-33)25(37)28(3,4)22(29)9-10-30(23,31)6/h16,20,22-24H,9-15,17H2,1-8H3,(H2,34,35,38)/t20-,22-,23?,24-,29-,30+,31+,32-/m0/s1. The van der Waals surface area contributed by atoms with Crippen LogP contribution in [0.3, 0.4) is 0 Å². The van der Waals surface area contributed by atoms with Crippen LogP contribution in [0.4, 0.5) is 4.79 Å². The molecule has 2 amide bonds. The lowest BCUT2D eigenvalue weighted by molar-refractivity contribution is -0.214. The molecule has 0 bridgehead atoms. The van der Waals surface area contributed by atoms with Gasteiger partial charge >= 0.3 is 6.03 Å². The van der Waals surface area contributed by atoms with Crippen molar-refractivity contribution in [1.82, 2.24) is 10.6 Å². The summed E-state index contributed by atoms with van der Waals surface area (Å²) in [5.74, 6) is 0.458. The molecule has 6 heteroatoms. The summed E-state index contributed by atoms with van der Waals surface area (Å²) in [5.41, 5.74) is -1.29. The quantitative estimate of drug-likeness (QED) is 0.444. The average molecular weight is 522 g/mol. The first kappa shape index (κ1) is 27.4. The zero-order valence-electron chi connectivity index (χ0n) is 24.7. The second-order valence-corrected chi connectivity index (χ2v) is 15.5. The summed E-state index contributed by atoms with van der Waals surface area (Å²) >= 11 is 0. The first-order valence-corrected chi connectivity index (χ1v) is 14.7. The van der Waals surface area contributed by atoms with Crippen LogP contribution in [0.5, 0.6) is 0 Å². The van der Waals surface area contributed by atoms with E-state index in [0.717, 1.165) is 44.9 Å². The third-order valence-electron chi connectivity index (χ3n) is 13.1. The molecule has 0 spiro atoms. The van der Waals surface area contributed by atoms with Gasteiger partial charge in [0.15, 0.2) is 5.78 Å². The Morgan fingerprint density at radius 3 is 2.24 bits per heavy atom. The second-order valence-electron chi connectivity index (χ2n) is 15.5. The van der Waals surface area contributed by atoms with Crippen molar-refractivity contribution in [2.45, 2.75) is 105 Å². The number of nitrogens with zero attached hydrogens (tertiary/aromatic N) is 1. The Bertz CT molecular complexity index is 1160. The number of ketones is 2. The van der Waals surface area contributed by atoms with E-state index in [2.05, 4.69) is 51.3 Å². The summed E-state index contributed by atoms with van der Waals surface area (Å²) in [7, 11) is 1.66. The molecular formula is C32H47N3O3. The van der Waals surface area contributed by atoms with Gasteiger partial charge in [-0.15, -0.1) is 0 Å². The van der Waals surface area contributed by atoms with Crippen molar-refractivity contribution in [1.29, 1.82) is 5.26 Å². The lowest BCUT2D eigenvalue weighted by Crippen LogP contribution is -2.72. The molecule has 0 aromatic carbocycles. The minimum absolute atomic E-state index is 0.0514. The van der Waals surface area contributed by atoms with Crippen LogP contribution in [0.2, 0.25) is 0 Å². The molecule has 0 radical (unpaired) electrons. The van der Waals surface area contributed by atoms with Crippen molar-refractivity contribution in [3.8, 4) is 6.07 Å². The summed E-state index contributed by atoms with van der Waals surface area (Å²) in [5, 5.41) is 16.0. The van der Waals surface area contributed by atoms with Gasteiger partial charge in [-0.25, -0.2) is 4.79 Å². The van der Waals surface area contributed by atoms with Gasteiger partial charge in [-0.1, -0.05) is 54.5 Å². The number of fused-ring (bicyclic) bond motifs is 7. The number of carbonyl (C=O) groups is 3. The molecule has 4 fully saturated rings. The number of allylic oxidation sites excluding steroid dienone is 2. The average Bonchev–Trinajstić information content (AvgIpc) is 2.83. The molecule has 0 saturated heterocycles. The fraction of sp³-hybridized carbons (Fsp3) is 0.812. The van der Waals surface area contributed by atoms with Crippen LogP contribution in [0.25, 0.3) is 0 Å². The summed E-state index contributed by atoms with van der Waals surface area (Å²) in [6.45, 7) is 15.6. The minimum atomic E-state index is -0.622. The van der Waals surface area contributed by atoms with E-state index in [1.807, 2.05) is 19.9 Å². The van der Waals surface area contributed by atoms with E-state index in [9.17, 15) is 19.6 Å². The van der Waals surface area contributed by atoms with Gasteiger partial charge in [0, 0.05) is 30.3 Å². The van der Waals surface area contributed by atoms with E-state index < -0.39 is 5.41 Å². The largest absolute Gasteiger partial charge is 0.341 e. The van der Waals surface area contributed by atoms with E-state index in [1.165, 1.54) is 0 Å². The van der Waals surface area contributed by atoms with Crippen molar-refractivity contribution in [2.24, 2.45) is 50.7 Å². The zero-order chi connectivity index (χ0) is 28.1. The third kappa shape index (κ3) is 3.38. The van der Waals surface area contributed by atoms with Crippen molar-refractivity contribution in [3.05, 3.63) is 11.6 Å². The highest BCUT2D eigenvalue weighted by atomic mass is 16.2. The number of urea groups is 1. The molecule has 0 aromatic rings. The number of nitriles is 1. The number of hydrogen-bond acceptors (Lipinski definition) is 4. The fourth-order valence-corrected chi connectivity index (χ4v) is 10.8. The van der Waals surface area contributed by atoms with E-state index >= 15 is 0 Å². The number of hydrogen-bond donors (Lipinski definition) is 2. The topological polar surface area (TPSA) is 99.1 Å². The van der Waals surface area contributed by atoms with Gasteiger partial charge in [-0.2, -0.15) is 5.26 Å². The number of rotatable bonds is 1. The minimum Gasteiger partial charge on any atom is -0.341 e. The van der Waals surface area contributed by atoms with Crippen LogP contribution in [0, 0.1) is 62.1 Å². The molecule has 208 valence electrons. The Hall–Kier alpha value is -2.16. The van der Waals surface area contributed by atoms with Crippen LogP contribution in [-0.2, 0) is 9.59 Å². The Labute approximate surface area is 228 Å². The molecule has 0 aliphatic heterocycles. The van der Waals surface area contributed by atoms with Crippen molar-refractivity contribution in [2.75, 3.05) is 7.05 Å². The van der Waals surface area contributed by atoms with Gasteiger partial charge in [0.1, 0.15) is 11.9 Å². The molecule has 5 rings (SSSR count). The number of nitrogens with one attached hydrogen (secondary N) is 2. The lowest BCUT2D eigenvalue weighted by atomic mass is 9.32. The first-order chi connectivity index (χ1) is 17.5. The summed E-state index contributed by atoms with van der Waals surface area (Å²) in [4.78, 5) is 40.4. The third-order valence-corrected chi connectivity index (χ3v) is 13.1. The number of carbonyl (C=O) groups excluding carboxylic acids is 3. The molecule has 0 heterocycles. The molecule has 38 heavy (non-hydrogen) atoms. The van der Waals surface area contributed by atoms with Crippen LogP contribution in [0.15, 0.2) is 11.6 Å². The molecule has 2 N–H and O–H groups in total. The molecular weight excluding hydrogens is 474 g/mol. The van der Waals surface area contributed by atoms with Gasteiger partial charge in [0.05, 0.1) is 5.57 Å². The van der Waals surface area contributed by atoms with E-state index in [1.54, 1.807) is 7.05 Å². The Balaban J connectivity index is 1.62. The van der Waals surface area contributed by atoms with Gasteiger partial charge in [-0.3, -0.25) is 9.59 Å². The molecule has 4 saturated carbocycles. The number of Topliss-reactive ketones (excluding diaryl/α,β-unsaturated/α-hetero) is 2. The first-order valence-electron chi connectivity index (χ1n) is 14.7. The predicted molar refractivity (Wildman–Crippen MR) is 147 cm³/mol. The van der Waals surface area contributed by atoms with Gasteiger partial charge < -0.3 is 10.6 Å². The highest BCUT2D eigenvalue weighted by Crippen LogP contribution is 2.74. The molecule has 8 atom stereocenters. The van der Waals surface area contributed by atoms with Gasteiger partial charge in [-0.05, 0) is 84.4 Å². The van der Waals surface area contributed by atoms with Crippen LogP contribution in [-0.4, -0.2) is 30.2 Å². The normalized spacial score (nSPS) is 46.8. The molecule has 5 aliphatic rings. The summed E-state index contributed by atoms with van der Waals surface area (Å²) in [6, 6.07) is 2.06. The van der Waals surface area contributed by atoms with Crippen LogP contribution in [0.1, 0.15) is 99.8 Å². The molecule has 0 aromatic heterocycles. The highest BCUT2D eigenvalue weighted by molar-refractivity contribution is 6.04. The summed E-state index contributed by atoms with van der Waals surface area (Å²) < 4.78 is 0. The fourth-order valence-electron chi connectivity index (χ4n) is 10.8. The Morgan fingerprint density at radius 2 is 1.61 bits per heavy atom. The van der Waals surface area contributed by atoms with Gasteiger partial charge in [0.25, 0.3) is 0 Å². The SMILES string of the molecule is CNC(=O)N[C@]12CCC(C)(C)C[C@H]1[C@H]1C(=O)CC3[C@@]4(C)C=C(C#N)C(=O)C(C)(C)[C@@H]4CC[C@@]3(C)[C@]1(C)CC2. The monoisotopic (exact) mass is 521 g/mol. The van der Waals surface area contributed by atoms with Crippen LogP contribution >= 0.6 is 0 Å². The maximum atomic E-state index is 14.5. The molecule has 6 nitrogen and oxygen atoms in total. The van der Waals surface area contributed by atoms with E-state index in [4.69, 9.17) is 0 Å². The van der Waals surface area contributed by atoms with E-state index in [0.29, 0.717) is 12.2 Å². The second kappa shape index (κ2) is 8.18. The predicted octanol–water partition coefficient (Wildman–Crippen LogP) is 5.97. The van der Waals surface area contributed by atoms with Crippen molar-refractivity contribution < 1.29 is 14.4 Å². The molecule has 1 unspecified atom stereocenters. The van der Waals surface area contributed by atoms with Crippen molar-refractivity contribution in [3.63, 3.8) is 0 Å². The Kier molecular flexibility index (Phi) is 5.90. The maximum absolute atomic E-state index is 14.5. The van der Waals surface area contributed by atoms with Crippen LogP contribution < -0.4 is 10.6 Å². The zero-order valence-corrected chi connectivity index (χ0v) is 24.7. The maximum Gasteiger partial charge on any atom is 0.314 e. The van der Waals surface area contributed by atoms with Gasteiger partial charge in [0.2, 0.25) is 0 Å². The smallest absolute Gasteiger partial charge is 0.314 e. The Morgan fingerprint density at radius 1 is 0.947 bits per heavy atom. The highest BCUT2D eigenvalue weighted by Gasteiger charge is 2.72. The lowest BCUT2D eigenvalue weighted by Gasteiger charge is -2.72. The summed E-state index contributed by atoms with van der Waals surface area (Å²) in [6.07, 6.45) is 9.01.